The van der Waals surface area contributed by atoms with Crippen LogP contribution in [0.25, 0.3) is 0 Å². The van der Waals surface area contributed by atoms with Crippen molar-refractivity contribution in [3.05, 3.63) is 23.9 Å². The molecule has 78 valence electrons. The van der Waals surface area contributed by atoms with Crippen molar-refractivity contribution in [3.8, 4) is 5.88 Å². The highest BCUT2D eigenvalue weighted by molar-refractivity contribution is 9.09. The molecule has 0 N–H and O–H groups in total. The first-order chi connectivity index (χ1) is 6.86. The minimum absolute atomic E-state index is 0.711. The maximum Gasteiger partial charge on any atom is 0.213 e. The molecular weight excluding hydrogens is 242 g/mol. The third-order valence-electron chi connectivity index (χ3n) is 2.06. The topological polar surface area (TPSA) is 22.1 Å². The number of halogens is 1. The summed E-state index contributed by atoms with van der Waals surface area (Å²) in [5.41, 5.74) is 1.12. The largest absolute Gasteiger partial charge is 0.481 e. The molecular formula is C11H16BrNO. The van der Waals surface area contributed by atoms with E-state index in [4.69, 9.17) is 4.74 Å². The third-order valence-corrected chi connectivity index (χ3v) is 2.62. The Bertz CT molecular complexity index is 265. The lowest BCUT2D eigenvalue weighted by Crippen LogP contribution is -1.93. The van der Waals surface area contributed by atoms with E-state index < -0.39 is 0 Å². The van der Waals surface area contributed by atoms with Gasteiger partial charge >= 0.3 is 0 Å². The van der Waals surface area contributed by atoms with Gasteiger partial charge in [0.25, 0.3) is 0 Å². The van der Waals surface area contributed by atoms with Crippen molar-refractivity contribution in [3.63, 3.8) is 0 Å². The molecule has 0 amide bonds. The molecule has 1 heterocycles. The first-order valence-corrected chi connectivity index (χ1v) is 6.05. The van der Waals surface area contributed by atoms with Gasteiger partial charge in [0, 0.05) is 17.1 Å². The molecule has 0 saturated heterocycles. The fraction of sp³-hybridized carbons (Fsp3) is 0.545. The number of rotatable bonds is 6. The molecule has 1 aromatic heterocycles. The number of hydrogen-bond donors (Lipinski definition) is 0. The number of pyridine rings is 1. The number of alkyl halides is 1. The number of hydrogen-bond acceptors (Lipinski definition) is 2. The predicted octanol–water partition coefficient (Wildman–Crippen LogP) is 3.20. The maximum absolute atomic E-state index is 5.06. The predicted molar refractivity (Wildman–Crippen MR) is 62.1 cm³/mol. The summed E-state index contributed by atoms with van der Waals surface area (Å²) < 4.78 is 5.06. The molecule has 3 heteroatoms. The van der Waals surface area contributed by atoms with E-state index in [9.17, 15) is 0 Å². The van der Waals surface area contributed by atoms with Crippen LogP contribution >= 0.6 is 15.9 Å². The number of aryl methyl sites for hydroxylation is 1. The molecule has 0 fully saturated rings. The van der Waals surface area contributed by atoms with Gasteiger partial charge in [0.05, 0.1) is 7.11 Å². The highest BCUT2D eigenvalue weighted by atomic mass is 79.9. The summed E-state index contributed by atoms with van der Waals surface area (Å²) in [5, 5.41) is 1.10. The molecule has 0 unspecified atom stereocenters. The Balaban J connectivity index is 2.34. The van der Waals surface area contributed by atoms with E-state index in [2.05, 4.69) is 27.0 Å². The normalized spacial score (nSPS) is 10.1. The van der Waals surface area contributed by atoms with E-state index in [1.165, 1.54) is 19.3 Å². The average Bonchev–Trinajstić information content (AvgIpc) is 2.25. The molecule has 2 nitrogen and oxygen atoms in total. The summed E-state index contributed by atoms with van der Waals surface area (Å²) in [7, 11) is 1.65. The van der Waals surface area contributed by atoms with Crippen molar-refractivity contribution in [2.45, 2.75) is 25.7 Å². The third kappa shape index (κ3) is 4.09. The van der Waals surface area contributed by atoms with Gasteiger partial charge in [-0.15, -0.1) is 0 Å². The molecule has 1 aromatic rings. The van der Waals surface area contributed by atoms with Crippen LogP contribution in [0, 0.1) is 0 Å². The Kier molecular flexibility index (Phi) is 5.60. The van der Waals surface area contributed by atoms with Crippen molar-refractivity contribution in [2.24, 2.45) is 0 Å². The van der Waals surface area contributed by atoms with Gasteiger partial charge < -0.3 is 4.74 Å². The lowest BCUT2D eigenvalue weighted by Gasteiger charge is -2.02. The van der Waals surface area contributed by atoms with Crippen LogP contribution in [0.2, 0.25) is 0 Å². The van der Waals surface area contributed by atoms with E-state index in [1.54, 1.807) is 7.11 Å². The summed E-state index contributed by atoms with van der Waals surface area (Å²) in [5.74, 6) is 0.711. The zero-order valence-electron chi connectivity index (χ0n) is 8.50. The van der Waals surface area contributed by atoms with Gasteiger partial charge in [-0.05, 0) is 25.3 Å². The van der Waals surface area contributed by atoms with Gasteiger partial charge in [-0.2, -0.15) is 0 Å². The van der Waals surface area contributed by atoms with E-state index in [0.717, 1.165) is 17.4 Å². The Morgan fingerprint density at radius 3 is 2.86 bits per heavy atom. The molecule has 0 aromatic carbocycles. The van der Waals surface area contributed by atoms with Crippen LogP contribution < -0.4 is 4.74 Å². The van der Waals surface area contributed by atoms with Crippen molar-refractivity contribution < 1.29 is 4.74 Å². The number of ether oxygens (including phenoxy) is 1. The zero-order chi connectivity index (χ0) is 10.2. The standard InChI is InChI=1S/C11H16BrNO/c1-14-11-8-5-7-10(13-11)6-3-2-4-9-12/h5,7-8H,2-4,6,9H2,1H3. The molecule has 0 radical (unpaired) electrons. The Morgan fingerprint density at radius 2 is 2.14 bits per heavy atom. The van der Waals surface area contributed by atoms with E-state index in [1.807, 2.05) is 12.1 Å². The van der Waals surface area contributed by atoms with Crippen LogP contribution in [0.15, 0.2) is 18.2 Å². The van der Waals surface area contributed by atoms with Crippen LogP contribution in [-0.2, 0) is 6.42 Å². The highest BCUT2D eigenvalue weighted by Gasteiger charge is 1.97. The molecule has 0 saturated carbocycles. The van der Waals surface area contributed by atoms with Gasteiger partial charge in [0.15, 0.2) is 0 Å². The highest BCUT2D eigenvalue weighted by Crippen LogP contribution is 2.10. The molecule has 0 aliphatic carbocycles. The van der Waals surface area contributed by atoms with E-state index >= 15 is 0 Å². The SMILES string of the molecule is COc1cccc(CCCCCBr)n1. The number of nitrogens with zero attached hydrogens (tertiary/aromatic N) is 1. The lowest BCUT2D eigenvalue weighted by molar-refractivity contribution is 0.396. The number of aromatic nitrogens is 1. The maximum atomic E-state index is 5.06. The van der Waals surface area contributed by atoms with Crippen molar-refractivity contribution in [1.29, 1.82) is 0 Å². The lowest BCUT2D eigenvalue weighted by atomic mass is 10.1. The second-order valence-electron chi connectivity index (χ2n) is 3.17. The fourth-order valence-electron chi connectivity index (χ4n) is 1.29. The molecule has 0 bridgehead atoms. The van der Waals surface area contributed by atoms with Crippen LogP contribution in [0.5, 0.6) is 5.88 Å². The Morgan fingerprint density at radius 1 is 1.29 bits per heavy atom. The quantitative estimate of drug-likeness (QED) is 0.577. The Hall–Kier alpha value is -0.570. The molecule has 14 heavy (non-hydrogen) atoms. The second kappa shape index (κ2) is 6.82. The van der Waals surface area contributed by atoms with Gasteiger partial charge in [-0.3, -0.25) is 0 Å². The summed E-state index contributed by atoms with van der Waals surface area (Å²) in [6.45, 7) is 0. The minimum atomic E-state index is 0.711. The van der Waals surface area contributed by atoms with E-state index in [0.29, 0.717) is 5.88 Å². The van der Waals surface area contributed by atoms with Crippen LogP contribution in [-0.4, -0.2) is 17.4 Å². The molecule has 0 spiro atoms. The minimum Gasteiger partial charge on any atom is -0.481 e. The van der Waals surface area contributed by atoms with Crippen LogP contribution in [0.1, 0.15) is 25.0 Å². The zero-order valence-corrected chi connectivity index (χ0v) is 10.1. The second-order valence-corrected chi connectivity index (χ2v) is 3.96. The molecule has 0 aliphatic heterocycles. The smallest absolute Gasteiger partial charge is 0.213 e. The summed E-state index contributed by atoms with van der Waals surface area (Å²) in [6.07, 6.45) is 4.74. The molecule has 0 atom stereocenters. The van der Waals surface area contributed by atoms with E-state index in [-0.39, 0.29) is 0 Å². The van der Waals surface area contributed by atoms with Crippen molar-refractivity contribution in [1.82, 2.24) is 4.98 Å². The van der Waals surface area contributed by atoms with Crippen LogP contribution in [0.4, 0.5) is 0 Å². The fourth-order valence-corrected chi connectivity index (χ4v) is 1.68. The monoisotopic (exact) mass is 257 g/mol. The average molecular weight is 258 g/mol. The van der Waals surface area contributed by atoms with Crippen LogP contribution in [0.3, 0.4) is 0 Å². The molecule has 1 rings (SSSR count). The van der Waals surface area contributed by atoms with Gasteiger partial charge in [0.1, 0.15) is 0 Å². The van der Waals surface area contributed by atoms with Gasteiger partial charge in [-0.25, -0.2) is 4.98 Å². The Labute approximate surface area is 93.8 Å². The van der Waals surface area contributed by atoms with Gasteiger partial charge in [0.2, 0.25) is 5.88 Å². The summed E-state index contributed by atoms with van der Waals surface area (Å²) in [6, 6.07) is 5.92. The van der Waals surface area contributed by atoms with Crippen molar-refractivity contribution in [2.75, 3.05) is 12.4 Å². The van der Waals surface area contributed by atoms with Crippen molar-refractivity contribution >= 4 is 15.9 Å². The van der Waals surface area contributed by atoms with Gasteiger partial charge in [-0.1, -0.05) is 28.4 Å². The first kappa shape index (κ1) is 11.5. The molecule has 0 aliphatic rings. The summed E-state index contributed by atoms with van der Waals surface area (Å²) in [4.78, 5) is 4.35. The first-order valence-electron chi connectivity index (χ1n) is 4.92. The number of unbranched alkanes of at least 4 members (excludes halogenated alkanes) is 2. The summed E-state index contributed by atoms with van der Waals surface area (Å²) >= 11 is 3.42. The number of methoxy groups -OCH3 is 1.